The lowest BCUT2D eigenvalue weighted by molar-refractivity contribution is 0.101. The van der Waals surface area contributed by atoms with Gasteiger partial charge in [-0.2, -0.15) is 0 Å². The highest BCUT2D eigenvalue weighted by molar-refractivity contribution is 14.1. The number of amides is 1. The van der Waals surface area contributed by atoms with Crippen molar-refractivity contribution in [3.63, 3.8) is 0 Å². The number of halogens is 2. The summed E-state index contributed by atoms with van der Waals surface area (Å²) in [7, 11) is 1.49. The molecule has 1 amide bonds. The van der Waals surface area contributed by atoms with Crippen molar-refractivity contribution < 1.29 is 14.3 Å². The van der Waals surface area contributed by atoms with E-state index in [-0.39, 0.29) is 11.7 Å². The highest BCUT2D eigenvalue weighted by Gasteiger charge is 2.15. The lowest BCUT2D eigenvalue weighted by Gasteiger charge is -2.11. The topological polar surface area (TPSA) is 55.4 Å². The Balaban J connectivity index is 2.31. The van der Waals surface area contributed by atoms with Crippen molar-refractivity contribution in [1.82, 2.24) is 0 Å². The Morgan fingerprint density at radius 2 is 1.95 bits per heavy atom. The molecule has 0 unspecified atom stereocenters. The molecule has 22 heavy (non-hydrogen) atoms. The monoisotopic (exact) mass is 429 g/mol. The van der Waals surface area contributed by atoms with E-state index in [1.807, 2.05) is 0 Å². The second-order valence-corrected chi connectivity index (χ2v) is 6.13. The zero-order chi connectivity index (χ0) is 16.3. The molecule has 1 N–H and O–H groups in total. The van der Waals surface area contributed by atoms with Crippen molar-refractivity contribution in [3.8, 4) is 5.75 Å². The molecule has 0 radical (unpaired) electrons. The predicted molar refractivity (Wildman–Crippen MR) is 95.1 cm³/mol. The number of benzene rings is 2. The molecule has 6 heteroatoms. The van der Waals surface area contributed by atoms with E-state index >= 15 is 0 Å². The van der Waals surface area contributed by atoms with Crippen molar-refractivity contribution in [2.75, 3.05) is 12.4 Å². The van der Waals surface area contributed by atoms with E-state index < -0.39 is 0 Å². The van der Waals surface area contributed by atoms with Crippen LogP contribution in [-0.4, -0.2) is 18.8 Å². The number of rotatable bonds is 4. The summed E-state index contributed by atoms with van der Waals surface area (Å²) < 4.78 is 6.02. The van der Waals surface area contributed by atoms with Gasteiger partial charge in [0.1, 0.15) is 5.75 Å². The summed E-state index contributed by atoms with van der Waals surface area (Å²) in [6.07, 6.45) is 0. The van der Waals surface area contributed by atoms with Crippen LogP contribution in [0.2, 0.25) is 5.02 Å². The summed E-state index contributed by atoms with van der Waals surface area (Å²) in [6, 6.07) is 10.0. The van der Waals surface area contributed by atoms with Crippen LogP contribution in [0.15, 0.2) is 36.4 Å². The van der Waals surface area contributed by atoms with Crippen LogP contribution >= 0.6 is 34.2 Å². The molecule has 0 aromatic heterocycles. The Labute approximate surface area is 146 Å². The minimum atomic E-state index is -0.351. The summed E-state index contributed by atoms with van der Waals surface area (Å²) >= 11 is 8.14. The van der Waals surface area contributed by atoms with E-state index in [1.54, 1.807) is 36.4 Å². The quantitative estimate of drug-likeness (QED) is 0.579. The third kappa shape index (κ3) is 3.78. The van der Waals surface area contributed by atoms with Gasteiger partial charge < -0.3 is 10.1 Å². The molecule has 2 aromatic rings. The van der Waals surface area contributed by atoms with Crippen molar-refractivity contribution in [1.29, 1.82) is 0 Å². The highest BCUT2D eigenvalue weighted by Crippen LogP contribution is 2.28. The predicted octanol–water partition coefficient (Wildman–Crippen LogP) is 4.41. The van der Waals surface area contributed by atoms with Gasteiger partial charge in [0.2, 0.25) is 0 Å². The van der Waals surface area contributed by atoms with Crippen LogP contribution in [0, 0.1) is 3.57 Å². The van der Waals surface area contributed by atoms with E-state index in [4.69, 9.17) is 16.3 Å². The Bertz CT molecular complexity index is 746. The minimum absolute atomic E-state index is 0.0639. The zero-order valence-electron chi connectivity index (χ0n) is 11.9. The molecular weight excluding hydrogens is 417 g/mol. The van der Waals surface area contributed by atoms with E-state index in [1.165, 1.54) is 14.0 Å². The molecule has 2 aromatic carbocycles. The first-order valence-electron chi connectivity index (χ1n) is 6.37. The second-order valence-electron chi connectivity index (χ2n) is 4.56. The maximum Gasteiger partial charge on any atom is 0.259 e. The normalized spacial score (nSPS) is 10.2. The van der Waals surface area contributed by atoms with Crippen LogP contribution in [-0.2, 0) is 0 Å². The molecule has 0 aliphatic carbocycles. The van der Waals surface area contributed by atoms with Gasteiger partial charge in [0.25, 0.3) is 5.91 Å². The molecule has 0 fully saturated rings. The largest absolute Gasteiger partial charge is 0.496 e. The minimum Gasteiger partial charge on any atom is -0.496 e. The smallest absolute Gasteiger partial charge is 0.259 e. The van der Waals surface area contributed by atoms with E-state index in [9.17, 15) is 9.59 Å². The number of Topliss-reactive ketones (excluding diaryl/α,β-unsaturated/α-hetero) is 1. The molecule has 0 heterocycles. The molecule has 0 aliphatic heterocycles. The van der Waals surface area contributed by atoms with Gasteiger partial charge in [-0.15, -0.1) is 0 Å². The molecule has 4 nitrogen and oxygen atoms in total. The number of hydrogen-bond acceptors (Lipinski definition) is 3. The number of ketones is 1. The fourth-order valence-corrected chi connectivity index (χ4v) is 2.49. The Kier molecular flexibility index (Phi) is 5.42. The van der Waals surface area contributed by atoms with Crippen LogP contribution in [0.4, 0.5) is 5.69 Å². The van der Waals surface area contributed by atoms with Crippen molar-refractivity contribution in [3.05, 3.63) is 56.1 Å². The number of carbonyl (C=O) groups is 2. The Hall–Kier alpha value is -1.60. The van der Waals surface area contributed by atoms with Crippen LogP contribution in [0.3, 0.4) is 0 Å². The summed E-state index contributed by atoms with van der Waals surface area (Å²) in [5, 5.41) is 3.22. The van der Waals surface area contributed by atoms with Crippen molar-refractivity contribution >= 4 is 51.6 Å². The van der Waals surface area contributed by atoms with Gasteiger partial charge in [0, 0.05) is 14.8 Å². The van der Waals surface area contributed by atoms with E-state index in [0.717, 1.165) is 3.57 Å². The molecule has 114 valence electrons. The summed E-state index contributed by atoms with van der Waals surface area (Å²) in [4.78, 5) is 23.8. The maximum atomic E-state index is 12.4. The fraction of sp³-hybridized carbons (Fsp3) is 0.125. The molecule has 0 saturated carbocycles. The molecular formula is C16H13ClINO3. The Morgan fingerprint density at radius 1 is 1.23 bits per heavy atom. The second kappa shape index (κ2) is 7.11. The maximum absolute atomic E-state index is 12.4. The number of carbonyl (C=O) groups excluding carboxylic acids is 2. The Morgan fingerprint density at radius 3 is 2.59 bits per heavy atom. The van der Waals surface area contributed by atoms with Gasteiger partial charge in [0.15, 0.2) is 5.78 Å². The third-order valence-electron chi connectivity index (χ3n) is 3.01. The lowest BCUT2D eigenvalue weighted by atomic mass is 10.1. The first kappa shape index (κ1) is 16.8. The molecule has 2 rings (SSSR count). The van der Waals surface area contributed by atoms with Crippen LogP contribution in [0.25, 0.3) is 0 Å². The van der Waals surface area contributed by atoms with Crippen LogP contribution in [0.5, 0.6) is 5.75 Å². The molecule has 0 spiro atoms. The number of hydrogen-bond donors (Lipinski definition) is 1. The first-order chi connectivity index (χ1) is 10.4. The van der Waals surface area contributed by atoms with Crippen LogP contribution in [0.1, 0.15) is 27.6 Å². The molecule has 0 aliphatic rings. The summed E-state index contributed by atoms with van der Waals surface area (Å²) in [6.45, 7) is 1.48. The fourth-order valence-electron chi connectivity index (χ4n) is 1.89. The lowest BCUT2D eigenvalue weighted by Crippen LogP contribution is -2.14. The van der Waals surface area contributed by atoms with Gasteiger partial charge in [-0.25, -0.2) is 0 Å². The van der Waals surface area contributed by atoms with Crippen LogP contribution < -0.4 is 10.1 Å². The molecule has 0 bridgehead atoms. The number of ether oxygens (including phenoxy) is 1. The molecule has 0 saturated heterocycles. The number of anilines is 1. The molecule has 0 atom stereocenters. The number of methoxy groups -OCH3 is 1. The number of nitrogens with one attached hydrogen (secondary N) is 1. The van der Waals surface area contributed by atoms with Gasteiger partial charge in [-0.1, -0.05) is 23.7 Å². The van der Waals surface area contributed by atoms with Gasteiger partial charge >= 0.3 is 0 Å². The van der Waals surface area contributed by atoms with Gasteiger partial charge in [-0.05, 0) is 53.8 Å². The SMILES string of the molecule is COc1cc(I)c(Cl)cc1C(=O)Nc1cccc(C(C)=O)c1. The van der Waals surface area contributed by atoms with Gasteiger partial charge in [0.05, 0.1) is 17.7 Å². The average Bonchev–Trinajstić information content (AvgIpc) is 2.49. The van der Waals surface area contributed by atoms with Crippen molar-refractivity contribution in [2.24, 2.45) is 0 Å². The zero-order valence-corrected chi connectivity index (χ0v) is 14.9. The van der Waals surface area contributed by atoms with E-state index in [0.29, 0.717) is 27.6 Å². The average molecular weight is 430 g/mol. The van der Waals surface area contributed by atoms with E-state index in [2.05, 4.69) is 27.9 Å². The summed E-state index contributed by atoms with van der Waals surface area (Å²) in [5.74, 6) is 0.0239. The van der Waals surface area contributed by atoms with Gasteiger partial charge in [-0.3, -0.25) is 9.59 Å². The third-order valence-corrected chi connectivity index (χ3v) is 4.54. The summed E-state index contributed by atoms with van der Waals surface area (Å²) in [5.41, 5.74) is 1.40. The standard InChI is InChI=1S/C16H13ClINO3/c1-9(20)10-4-3-5-11(6-10)19-16(21)12-7-13(17)14(18)8-15(12)22-2/h3-8H,1-2H3,(H,19,21). The van der Waals surface area contributed by atoms with Crippen molar-refractivity contribution in [2.45, 2.75) is 6.92 Å². The first-order valence-corrected chi connectivity index (χ1v) is 7.83. The highest BCUT2D eigenvalue weighted by atomic mass is 127.